The molecule has 0 bridgehead atoms. The van der Waals surface area contributed by atoms with E-state index < -0.39 is 23.8 Å². The van der Waals surface area contributed by atoms with Crippen LogP contribution in [-0.2, 0) is 0 Å². The molecule has 7 nitrogen and oxygen atoms in total. The minimum absolute atomic E-state index is 0.179. The van der Waals surface area contributed by atoms with Gasteiger partial charge in [-0.05, 0) is 55.7 Å². The molecule has 3 N–H and O–H groups in total. The Balaban J connectivity index is 1.50. The first-order chi connectivity index (χ1) is 14.9. The molecule has 0 unspecified atom stereocenters. The predicted molar refractivity (Wildman–Crippen MR) is 117 cm³/mol. The Morgan fingerprint density at radius 1 is 1.26 bits per heavy atom. The van der Waals surface area contributed by atoms with Crippen molar-refractivity contribution >= 4 is 46.1 Å². The molecule has 2 fully saturated rings. The average molecular weight is 465 g/mol. The number of nitrogens with zero attached hydrogens (tertiary/aromatic N) is 4. The Morgan fingerprint density at radius 3 is 2.84 bits per heavy atom. The lowest BCUT2D eigenvalue weighted by Crippen LogP contribution is -2.30. The summed E-state index contributed by atoms with van der Waals surface area (Å²) in [5.41, 5.74) is 1.06. The van der Waals surface area contributed by atoms with E-state index in [0.717, 1.165) is 31.0 Å². The first-order valence-electron chi connectivity index (χ1n) is 9.91. The molecule has 162 valence electrons. The summed E-state index contributed by atoms with van der Waals surface area (Å²) in [4.78, 5) is 6.41. The lowest BCUT2D eigenvalue weighted by Gasteiger charge is -2.26. The van der Waals surface area contributed by atoms with Crippen molar-refractivity contribution in [2.75, 3.05) is 16.8 Å². The molecule has 2 aliphatic rings. The molecule has 1 aliphatic heterocycles. The molecule has 2 atom stereocenters. The van der Waals surface area contributed by atoms with Crippen LogP contribution in [0.3, 0.4) is 0 Å². The minimum Gasteiger partial charge on any atom is -0.391 e. The van der Waals surface area contributed by atoms with E-state index in [1.807, 2.05) is 0 Å². The Hall–Kier alpha value is -2.56. The number of β-amino-alcohol motifs (C(OH)–C–C–N with tert-alkyl or cyclic N) is 1. The molecule has 1 saturated heterocycles. The second kappa shape index (κ2) is 7.85. The number of halogens is 3. The molecule has 5 rings (SSSR count). The highest BCUT2D eigenvalue weighted by Crippen LogP contribution is 2.38. The standard InChI is InChI=1S/C20H19ClF2N6OS/c21-18-17(26-20(31)24-11-2-3-11)19-25-16(5-6-29(19)27-18)28-9-12(30)8-15(28)13-7-10(22)1-4-14(13)23/h1,4-7,11-12,15,30H,2-3,8-9H2,(H2,24,26,31)/t12-,15+/m0/s1. The molecule has 0 radical (unpaired) electrons. The molecular formula is C20H19ClF2N6OS. The zero-order chi connectivity index (χ0) is 21.7. The fraction of sp³-hybridized carbons (Fsp3) is 0.350. The lowest BCUT2D eigenvalue weighted by molar-refractivity contribution is 0.194. The van der Waals surface area contributed by atoms with E-state index in [4.69, 9.17) is 23.8 Å². The van der Waals surface area contributed by atoms with Gasteiger partial charge >= 0.3 is 0 Å². The van der Waals surface area contributed by atoms with Crippen LogP contribution in [0.2, 0.25) is 5.15 Å². The van der Waals surface area contributed by atoms with E-state index in [1.165, 1.54) is 4.52 Å². The normalized spacial score (nSPS) is 21.0. The third-order valence-corrected chi connectivity index (χ3v) is 5.95. The number of hydrogen-bond donors (Lipinski definition) is 3. The smallest absolute Gasteiger partial charge is 0.182 e. The molecule has 11 heteroatoms. The molecule has 1 saturated carbocycles. The molecule has 3 heterocycles. The summed E-state index contributed by atoms with van der Waals surface area (Å²) in [5.74, 6) is -0.580. The highest BCUT2D eigenvalue weighted by Gasteiger charge is 2.35. The molecule has 2 aromatic heterocycles. The number of thiocarbonyl (C=S) groups is 1. The zero-order valence-electron chi connectivity index (χ0n) is 16.2. The summed E-state index contributed by atoms with van der Waals surface area (Å²) >= 11 is 11.6. The van der Waals surface area contributed by atoms with Crippen molar-refractivity contribution in [3.8, 4) is 0 Å². The van der Waals surface area contributed by atoms with Gasteiger partial charge in [0, 0.05) is 24.3 Å². The first-order valence-corrected chi connectivity index (χ1v) is 10.7. The maximum absolute atomic E-state index is 14.5. The minimum atomic E-state index is -0.702. The van der Waals surface area contributed by atoms with Crippen molar-refractivity contribution in [2.45, 2.75) is 37.5 Å². The van der Waals surface area contributed by atoms with Gasteiger partial charge in [-0.3, -0.25) is 0 Å². The van der Waals surface area contributed by atoms with Gasteiger partial charge in [-0.2, -0.15) is 5.10 Å². The largest absolute Gasteiger partial charge is 0.391 e. The van der Waals surface area contributed by atoms with Gasteiger partial charge in [0.2, 0.25) is 0 Å². The van der Waals surface area contributed by atoms with Crippen LogP contribution in [0.4, 0.5) is 20.3 Å². The molecule has 0 spiro atoms. The van der Waals surface area contributed by atoms with Crippen LogP contribution in [0.25, 0.3) is 5.65 Å². The van der Waals surface area contributed by atoms with Gasteiger partial charge in [-0.15, -0.1) is 0 Å². The summed E-state index contributed by atoms with van der Waals surface area (Å²) in [6.07, 6.45) is 3.38. The van der Waals surface area contributed by atoms with Gasteiger partial charge in [0.25, 0.3) is 0 Å². The quantitative estimate of drug-likeness (QED) is 0.511. The van der Waals surface area contributed by atoms with Crippen LogP contribution in [0.5, 0.6) is 0 Å². The van der Waals surface area contributed by atoms with E-state index >= 15 is 0 Å². The Kier molecular flexibility index (Phi) is 5.15. The predicted octanol–water partition coefficient (Wildman–Crippen LogP) is 3.42. The Bertz CT molecular complexity index is 1170. The van der Waals surface area contributed by atoms with Gasteiger partial charge in [-0.1, -0.05) is 11.6 Å². The molecule has 0 amide bonds. The molecule has 3 aromatic rings. The van der Waals surface area contributed by atoms with Crippen LogP contribution < -0.4 is 15.5 Å². The third kappa shape index (κ3) is 4.02. The van der Waals surface area contributed by atoms with Gasteiger partial charge in [-0.25, -0.2) is 18.3 Å². The van der Waals surface area contributed by atoms with E-state index in [2.05, 4.69) is 20.7 Å². The van der Waals surface area contributed by atoms with Crippen molar-refractivity contribution in [3.63, 3.8) is 0 Å². The zero-order valence-corrected chi connectivity index (χ0v) is 17.8. The fourth-order valence-electron chi connectivity index (χ4n) is 3.85. The SMILES string of the molecule is O[C@H]1C[C@H](c2cc(F)ccc2F)N(c2ccn3nc(Cl)c(NC(=S)NC4CC4)c3n2)C1. The number of fused-ring (bicyclic) bond motifs is 1. The monoisotopic (exact) mass is 464 g/mol. The number of hydrogen-bond acceptors (Lipinski definition) is 5. The van der Waals surface area contributed by atoms with Crippen molar-refractivity contribution < 1.29 is 13.9 Å². The Morgan fingerprint density at radius 2 is 2.06 bits per heavy atom. The summed E-state index contributed by atoms with van der Waals surface area (Å²) < 4.78 is 29.8. The van der Waals surface area contributed by atoms with Crippen molar-refractivity contribution in [1.82, 2.24) is 19.9 Å². The summed E-state index contributed by atoms with van der Waals surface area (Å²) in [6, 6.07) is 4.84. The number of anilines is 2. The topological polar surface area (TPSA) is 77.7 Å². The molecule has 31 heavy (non-hydrogen) atoms. The number of nitrogens with one attached hydrogen (secondary N) is 2. The second-order valence-electron chi connectivity index (χ2n) is 7.82. The first kappa shape index (κ1) is 20.3. The molecule has 1 aliphatic carbocycles. The lowest BCUT2D eigenvalue weighted by atomic mass is 10.0. The summed E-state index contributed by atoms with van der Waals surface area (Å²) in [7, 11) is 0. The number of aliphatic hydroxyl groups excluding tert-OH is 1. The highest BCUT2D eigenvalue weighted by atomic mass is 35.5. The van der Waals surface area contributed by atoms with Gasteiger partial charge in [0.1, 0.15) is 23.1 Å². The van der Waals surface area contributed by atoms with Crippen molar-refractivity contribution in [2.24, 2.45) is 0 Å². The van der Waals surface area contributed by atoms with E-state index in [0.29, 0.717) is 28.3 Å². The molecule has 1 aromatic carbocycles. The number of rotatable bonds is 4. The van der Waals surface area contributed by atoms with Crippen LogP contribution in [0.1, 0.15) is 30.9 Å². The van der Waals surface area contributed by atoms with Crippen molar-refractivity contribution in [3.05, 3.63) is 52.8 Å². The summed E-state index contributed by atoms with van der Waals surface area (Å²) in [6.45, 7) is 0.232. The van der Waals surface area contributed by atoms with E-state index in [9.17, 15) is 13.9 Å². The maximum Gasteiger partial charge on any atom is 0.182 e. The fourth-order valence-corrected chi connectivity index (χ4v) is 4.34. The van der Waals surface area contributed by atoms with Gasteiger partial charge in [0.15, 0.2) is 15.9 Å². The number of benzene rings is 1. The number of aromatic nitrogens is 3. The second-order valence-corrected chi connectivity index (χ2v) is 8.58. The van der Waals surface area contributed by atoms with Crippen LogP contribution in [-0.4, -0.2) is 43.5 Å². The number of aliphatic hydroxyl groups is 1. The van der Waals surface area contributed by atoms with Gasteiger partial charge in [0.05, 0.1) is 12.1 Å². The molecular weight excluding hydrogens is 446 g/mol. The van der Waals surface area contributed by atoms with E-state index in [1.54, 1.807) is 17.2 Å². The summed E-state index contributed by atoms with van der Waals surface area (Å²) in [5, 5.41) is 21.4. The van der Waals surface area contributed by atoms with E-state index in [-0.39, 0.29) is 23.7 Å². The van der Waals surface area contributed by atoms with Crippen molar-refractivity contribution in [1.29, 1.82) is 0 Å². The highest BCUT2D eigenvalue weighted by molar-refractivity contribution is 7.80. The van der Waals surface area contributed by atoms with Gasteiger partial charge < -0.3 is 20.6 Å². The van der Waals surface area contributed by atoms with Crippen LogP contribution in [0.15, 0.2) is 30.5 Å². The Labute approximate surface area is 187 Å². The third-order valence-electron chi connectivity index (χ3n) is 5.47. The maximum atomic E-state index is 14.5. The van der Waals surface area contributed by atoms with Crippen LogP contribution >= 0.6 is 23.8 Å². The van der Waals surface area contributed by atoms with Crippen LogP contribution in [0, 0.1) is 11.6 Å². The average Bonchev–Trinajstić information content (AvgIpc) is 3.38.